The van der Waals surface area contributed by atoms with Gasteiger partial charge in [0, 0.05) is 0 Å². The van der Waals surface area contributed by atoms with Crippen LogP contribution in [0.25, 0.3) is 0 Å². The second-order valence-corrected chi connectivity index (χ2v) is 5.81. The van der Waals surface area contributed by atoms with Crippen LogP contribution in [0.15, 0.2) is 42.5 Å². The average Bonchev–Trinajstić information content (AvgIpc) is 2.59. The summed E-state index contributed by atoms with van der Waals surface area (Å²) in [5, 5.41) is 3.03. The quantitative estimate of drug-likeness (QED) is 0.837. The van der Waals surface area contributed by atoms with E-state index in [1.54, 1.807) is 7.11 Å². The Bertz CT molecular complexity index is 697. The van der Waals surface area contributed by atoms with Crippen molar-refractivity contribution in [1.82, 2.24) is 5.32 Å². The number of carbonyl (C=O) groups excluding carboxylic acids is 1. The molecular formula is C20H25NO3. The maximum atomic E-state index is 12.2. The third kappa shape index (κ3) is 4.51. The molecule has 0 unspecified atom stereocenters. The summed E-state index contributed by atoms with van der Waals surface area (Å²) in [6, 6.07) is 13.6. The lowest BCUT2D eigenvalue weighted by Gasteiger charge is -2.19. The molecule has 2 aromatic carbocycles. The van der Waals surface area contributed by atoms with Gasteiger partial charge >= 0.3 is 0 Å². The first-order chi connectivity index (χ1) is 11.5. The fourth-order valence-electron chi connectivity index (χ4n) is 2.64. The fraction of sp³-hybridized carbons (Fsp3) is 0.350. The number of hydrogen-bond donors (Lipinski definition) is 1. The lowest BCUT2D eigenvalue weighted by atomic mass is 10.0. The summed E-state index contributed by atoms with van der Waals surface area (Å²) in [4.78, 5) is 12.2. The van der Waals surface area contributed by atoms with Crippen molar-refractivity contribution in [1.29, 1.82) is 0 Å². The molecule has 0 bridgehead atoms. The monoisotopic (exact) mass is 327 g/mol. The predicted octanol–water partition coefficient (Wildman–Crippen LogP) is 3.96. The Morgan fingerprint density at radius 3 is 2.46 bits per heavy atom. The molecule has 0 aromatic heterocycles. The Kier molecular flexibility index (Phi) is 6.24. The van der Waals surface area contributed by atoms with Crippen molar-refractivity contribution in [3.05, 3.63) is 59.2 Å². The van der Waals surface area contributed by atoms with Crippen molar-refractivity contribution >= 4 is 5.91 Å². The molecule has 2 rings (SSSR count). The number of ether oxygens (including phenoxy) is 2. The molecule has 0 aliphatic heterocycles. The van der Waals surface area contributed by atoms with E-state index < -0.39 is 0 Å². The van der Waals surface area contributed by atoms with E-state index in [1.807, 2.05) is 57.2 Å². The van der Waals surface area contributed by atoms with Gasteiger partial charge in [-0.05, 0) is 49.1 Å². The molecule has 1 N–H and O–H groups in total. The van der Waals surface area contributed by atoms with Crippen LogP contribution in [0.5, 0.6) is 11.5 Å². The molecule has 1 atom stereocenters. The number of para-hydroxylation sites is 1. The van der Waals surface area contributed by atoms with Gasteiger partial charge in [0.15, 0.2) is 6.61 Å². The Balaban J connectivity index is 1.98. The third-order valence-corrected chi connectivity index (χ3v) is 4.02. The van der Waals surface area contributed by atoms with Crippen LogP contribution in [0, 0.1) is 13.8 Å². The van der Waals surface area contributed by atoms with Gasteiger partial charge in [0.2, 0.25) is 0 Å². The Morgan fingerprint density at radius 2 is 1.83 bits per heavy atom. The molecule has 0 aliphatic rings. The minimum Gasteiger partial charge on any atom is -0.496 e. The lowest BCUT2D eigenvalue weighted by molar-refractivity contribution is -0.123. The van der Waals surface area contributed by atoms with Gasteiger partial charge < -0.3 is 14.8 Å². The topological polar surface area (TPSA) is 47.6 Å². The first-order valence-electron chi connectivity index (χ1n) is 8.17. The Hall–Kier alpha value is -2.49. The van der Waals surface area contributed by atoms with Gasteiger partial charge in [0.05, 0.1) is 13.2 Å². The van der Waals surface area contributed by atoms with Gasteiger partial charge in [-0.15, -0.1) is 0 Å². The van der Waals surface area contributed by atoms with Crippen molar-refractivity contribution < 1.29 is 14.3 Å². The summed E-state index contributed by atoms with van der Waals surface area (Å²) in [5.74, 6) is 1.46. The molecular weight excluding hydrogens is 302 g/mol. The van der Waals surface area contributed by atoms with E-state index >= 15 is 0 Å². The summed E-state index contributed by atoms with van der Waals surface area (Å²) in [7, 11) is 1.66. The van der Waals surface area contributed by atoms with Gasteiger partial charge in [-0.25, -0.2) is 0 Å². The number of carbonyl (C=O) groups is 1. The first-order valence-corrected chi connectivity index (χ1v) is 8.17. The normalized spacial score (nSPS) is 11.7. The Morgan fingerprint density at radius 1 is 1.08 bits per heavy atom. The van der Waals surface area contributed by atoms with E-state index in [2.05, 4.69) is 11.4 Å². The van der Waals surface area contributed by atoms with Crippen LogP contribution >= 0.6 is 0 Å². The molecule has 0 radical (unpaired) electrons. The smallest absolute Gasteiger partial charge is 0.258 e. The minimum atomic E-state index is -0.126. The number of aryl methyl sites for hydroxylation is 2. The zero-order valence-corrected chi connectivity index (χ0v) is 14.8. The van der Waals surface area contributed by atoms with Crippen LogP contribution in [0.2, 0.25) is 0 Å². The molecule has 128 valence electrons. The van der Waals surface area contributed by atoms with Crippen LogP contribution in [0.4, 0.5) is 0 Å². The third-order valence-electron chi connectivity index (χ3n) is 4.02. The van der Waals surface area contributed by atoms with Gasteiger partial charge in [0.1, 0.15) is 11.5 Å². The van der Waals surface area contributed by atoms with E-state index in [9.17, 15) is 4.79 Å². The summed E-state index contributed by atoms with van der Waals surface area (Å²) >= 11 is 0. The van der Waals surface area contributed by atoms with Gasteiger partial charge in [-0.1, -0.05) is 37.3 Å². The molecule has 0 heterocycles. The van der Waals surface area contributed by atoms with Crippen LogP contribution < -0.4 is 14.8 Å². The number of benzene rings is 2. The molecule has 24 heavy (non-hydrogen) atoms. The number of amides is 1. The highest BCUT2D eigenvalue weighted by molar-refractivity contribution is 5.78. The highest BCUT2D eigenvalue weighted by Crippen LogP contribution is 2.24. The highest BCUT2D eigenvalue weighted by Gasteiger charge is 2.14. The lowest BCUT2D eigenvalue weighted by Crippen LogP contribution is -2.32. The number of nitrogens with one attached hydrogen (secondary N) is 1. The molecule has 0 aliphatic carbocycles. The van der Waals surface area contributed by atoms with Crippen LogP contribution in [0.1, 0.15) is 36.1 Å². The summed E-state index contributed by atoms with van der Waals surface area (Å²) in [6.45, 7) is 6.02. The van der Waals surface area contributed by atoms with Gasteiger partial charge in [-0.3, -0.25) is 4.79 Å². The molecule has 0 fully saturated rings. The molecule has 4 heteroatoms. The second kappa shape index (κ2) is 8.39. The van der Waals surface area contributed by atoms with E-state index in [0.29, 0.717) is 0 Å². The molecule has 0 saturated carbocycles. The SMILES string of the molecule is CC[C@H](NC(=O)COc1ccccc1C)c1ccc(OC)c(C)c1. The van der Waals surface area contributed by atoms with E-state index in [4.69, 9.17) is 9.47 Å². The zero-order chi connectivity index (χ0) is 17.5. The minimum absolute atomic E-state index is 0.0104. The van der Waals surface area contributed by atoms with Crippen molar-refractivity contribution in [2.75, 3.05) is 13.7 Å². The number of methoxy groups -OCH3 is 1. The zero-order valence-electron chi connectivity index (χ0n) is 14.8. The van der Waals surface area contributed by atoms with E-state index in [0.717, 1.165) is 34.6 Å². The van der Waals surface area contributed by atoms with Crippen molar-refractivity contribution in [3.63, 3.8) is 0 Å². The van der Waals surface area contributed by atoms with Crippen LogP contribution in [-0.4, -0.2) is 19.6 Å². The standard InChI is InChI=1S/C20H25NO3/c1-5-17(16-10-11-18(23-4)15(3)12-16)21-20(22)13-24-19-9-7-6-8-14(19)2/h6-12,17H,5,13H2,1-4H3,(H,21,22)/t17-/m0/s1. The average molecular weight is 327 g/mol. The maximum absolute atomic E-state index is 12.2. The van der Waals surface area contributed by atoms with Gasteiger partial charge in [-0.2, -0.15) is 0 Å². The fourth-order valence-corrected chi connectivity index (χ4v) is 2.64. The number of hydrogen-bond acceptors (Lipinski definition) is 3. The Labute approximate surface area is 143 Å². The molecule has 1 amide bonds. The molecule has 0 saturated heterocycles. The predicted molar refractivity (Wildman–Crippen MR) is 95.6 cm³/mol. The highest BCUT2D eigenvalue weighted by atomic mass is 16.5. The van der Waals surface area contributed by atoms with Crippen molar-refractivity contribution in [2.24, 2.45) is 0 Å². The molecule has 0 spiro atoms. The van der Waals surface area contributed by atoms with Crippen LogP contribution in [0.3, 0.4) is 0 Å². The molecule has 4 nitrogen and oxygen atoms in total. The largest absolute Gasteiger partial charge is 0.496 e. The summed E-state index contributed by atoms with van der Waals surface area (Å²) < 4.78 is 10.9. The van der Waals surface area contributed by atoms with E-state index in [-0.39, 0.29) is 18.6 Å². The maximum Gasteiger partial charge on any atom is 0.258 e. The summed E-state index contributed by atoms with van der Waals surface area (Å²) in [5.41, 5.74) is 3.14. The van der Waals surface area contributed by atoms with Gasteiger partial charge in [0.25, 0.3) is 5.91 Å². The summed E-state index contributed by atoms with van der Waals surface area (Å²) in [6.07, 6.45) is 0.807. The van der Waals surface area contributed by atoms with Crippen molar-refractivity contribution in [2.45, 2.75) is 33.2 Å². The number of rotatable bonds is 7. The van der Waals surface area contributed by atoms with E-state index in [1.165, 1.54) is 0 Å². The van der Waals surface area contributed by atoms with Crippen molar-refractivity contribution in [3.8, 4) is 11.5 Å². The molecule has 2 aromatic rings. The van der Waals surface area contributed by atoms with Crippen LogP contribution in [-0.2, 0) is 4.79 Å². The first kappa shape index (κ1) is 17.9. The second-order valence-electron chi connectivity index (χ2n) is 5.81.